The second kappa shape index (κ2) is 8.83. The molecule has 1 aromatic heterocycles. The Balaban J connectivity index is 0. The maximum atomic E-state index is 13.1. The highest BCUT2D eigenvalue weighted by Crippen LogP contribution is 2.14. The average molecular weight is 227 g/mol. The number of anilines is 1. The number of pyridine rings is 1. The Morgan fingerprint density at radius 2 is 1.75 bits per heavy atom. The van der Waals surface area contributed by atoms with Crippen molar-refractivity contribution in [1.29, 1.82) is 5.41 Å². The number of aromatic nitrogens is 1. The first kappa shape index (κ1) is 17.0. The topological polar surface area (TPSA) is 62.8 Å². The quantitative estimate of drug-likeness (QED) is 0.721. The van der Waals surface area contributed by atoms with Gasteiger partial charge in [0.15, 0.2) is 0 Å². The first-order valence-electron chi connectivity index (χ1n) is 5.50. The maximum Gasteiger partial charge on any atom is 0.137 e. The van der Waals surface area contributed by atoms with Gasteiger partial charge in [-0.2, -0.15) is 0 Å². The Morgan fingerprint density at radius 3 is 2.06 bits per heavy atom. The van der Waals surface area contributed by atoms with E-state index in [1.165, 1.54) is 13.0 Å². The van der Waals surface area contributed by atoms with E-state index in [-0.39, 0.29) is 17.1 Å². The highest BCUT2D eigenvalue weighted by molar-refractivity contribution is 6.00. The number of aryl methyl sites for hydroxylation is 1. The molecule has 1 aromatic rings. The Labute approximate surface area is 97.4 Å². The van der Waals surface area contributed by atoms with Crippen molar-refractivity contribution in [1.82, 2.24) is 4.98 Å². The molecule has 4 heteroatoms. The van der Waals surface area contributed by atoms with E-state index in [9.17, 15) is 4.39 Å². The van der Waals surface area contributed by atoms with Gasteiger partial charge in [0, 0.05) is 11.4 Å². The van der Waals surface area contributed by atoms with Gasteiger partial charge in [0.05, 0.1) is 5.56 Å². The molecule has 0 saturated heterocycles. The summed E-state index contributed by atoms with van der Waals surface area (Å²) in [5, 5.41) is 7.23. The zero-order valence-electron chi connectivity index (χ0n) is 11.0. The minimum absolute atomic E-state index is 0.0833. The highest BCUT2D eigenvalue weighted by atomic mass is 19.1. The van der Waals surface area contributed by atoms with Gasteiger partial charge in [-0.25, -0.2) is 9.37 Å². The lowest BCUT2D eigenvalue weighted by Crippen LogP contribution is -2.06. The molecule has 0 spiro atoms. The van der Waals surface area contributed by atoms with Crippen molar-refractivity contribution in [2.45, 2.75) is 41.5 Å². The molecule has 1 heterocycles. The number of hydrogen-bond acceptors (Lipinski definition) is 3. The number of rotatable bonds is 1. The first-order valence-corrected chi connectivity index (χ1v) is 5.50. The molecule has 0 amide bonds. The van der Waals surface area contributed by atoms with Gasteiger partial charge in [-0.1, -0.05) is 27.7 Å². The Bertz CT molecular complexity index is 312. The summed E-state index contributed by atoms with van der Waals surface area (Å²) in [7, 11) is 0. The highest BCUT2D eigenvalue weighted by Gasteiger charge is 2.10. The Hall–Kier alpha value is -1.45. The molecule has 1 rings (SSSR count). The first-order chi connectivity index (χ1) is 7.52. The zero-order valence-corrected chi connectivity index (χ0v) is 11.0. The second-order valence-corrected chi connectivity index (χ2v) is 2.63. The summed E-state index contributed by atoms with van der Waals surface area (Å²) in [5.41, 5.74) is 6.15. The van der Waals surface area contributed by atoms with Crippen molar-refractivity contribution in [3.05, 3.63) is 23.1 Å². The summed E-state index contributed by atoms with van der Waals surface area (Å²) in [6, 6.07) is 1.27. The molecule has 16 heavy (non-hydrogen) atoms. The second-order valence-electron chi connectivity index (χ2n) is 2.63. The van der Waals surface area contributed by atoms with Crippen molar-refractivity contribution in [2.75, 3.05) is 5.73 Å². The van der Waals surface area contributed by atoms with E-state index in [4.69, 9.17) is 11.1 Å². The molecule has 0 aliphatic carbocycles. The maximum absolute atomic E-state index is 13.1. The van der Waals surface area contributed by atoms with Gasteiger partial charge < -0.3 is 11.1 Å². The molecule has 0 radical (unpaired) electrons. The van der Waals surface area contributed by atoms with Crippen LogP contribution in [0, 0.1) is 18.2 Å². The van der Waals surface area contributed by atoms with Crippen molar-refractivity contribution in [3.63, 3.8) is 0 Å². The molecule has 3 nitrogen and oxygen atoms in total. The van der Waals surface area contributed by atoms with Crippen LogP contribution < -0.4 is 5.73 Å². The van der Waals surface area contributed by atoms with E-state index >= 15 is 0 Å². The third-order valence-corrected chi connectivity index (χ3v) is 1.50. The SMILES string of the molecule is CC.CC.CC(=N)c1c(F)cc(C)nc1N. The fraction of sp³-hybridized carbons (Fsp3) is 0.500. The van der Waals surface area contributed by atoms with Crippen LogP contribution in [0.1, 0.15) is 45.9 Å². The van der Waals surface area contributed by atoms with Gasteiger partial charge in [-0.15, -0.1) is 0 Å². The van der Waals surface area contributed by atoms with E-state index < -0.39 is 5.82 Å². The van der Waals surface area contributed by atoms with Crippen molar-refractivity contribution in [2.24, 2.45) is 0 Å². The van der Waals surface area contributed by atoms with Gasteiger partial charge in [-0.05, 0) is 19.9 Å². The van der Waals surface area contributed by atoms with Gasteiger partial charge in [-0.3, -0.25) is 0 Å². The summed E-state index contributed by atoms with van der Waals surface area (Å²) in [5.74, 6) is -0.396. The predicted octanol–water partition coefficient (Wildman–Crippen LogP) is 3.55. The molecular weight excluding hydrogens is 205 g/mol. The monoisotopic (exact) mass is 227 g/mol. The van der Waals surface area contributed by atoms with Gasteiger partial charge in [0.25, 0.3) is 0 Å². The normalized spacial score (nSPS) is 8.19. The molecule has 0 bridgehead atoms. The smallest absolute Gasteiger partial charge is 0.137 e. The minimum atomic E-state index is -0.479. The lowest BCUT2D eigenvalue weighted by Gasteiger charge is -2.04. The standard InChI is InChI=1S/C8H10FN3.2C2H6/c1-4-3-6(9)7(5(2)10)8(11)12-4;2*1-2/h3,10H,1-2H3,(H2,11,12);2*1-2H3. The summed E-state index contributed by atoms with van der Waals surface area (Å²) >= 11 is 0. The lowest BCUT2D eigenvalue weighted by molar-refractivity contribution is 0.622. The summed E-state index contributed by atoms with van der Waals surface area (Å²) in [4.78, 5) is 3.85. The molecule has 92 valence electrons. The third-order valence-electron chi connectivity index (χ3n) is 1.50. The molecule has 0 atom stereocenters. The van der Waals surface area contributed by atoms with Crippen molar-refractivity contribution >= 4 is 11.5 Å². The molecular formula is C12H22FN3. The third kappa shape index (κ3) is 4.87. The fourth-order valence-electron chi connectivity index (χ4n) is 1.03. The summed E-state index contributed by atoms with van der Waals surface area (Å²) in [6.07, 6.45) is 0. The molecule has 0 saturated carbocycles. The summed E-state index contributed by atoms with van der Waals surface area (Å²) in [6.45, 7) is 11.1. The molecule has 0 aliphatic rings. The number of nitrogens with zero attached hydrogens (tertiary/aromatic N) is 1. The Morgan fingerprint density at radius 1 is 1.31 bits per heavy atom. The van der Waals surface area contributed by atoms with Gasteiger partial charge in [0.1, 0.15) is 11.6 Å². The van der Waals surface area contributed by atoms with Crippen LogP contribution in [-0.4, -0.2) is 10.7 Å². The van der Waals surface area contributed by atoms with Crippen molar-refractivity contribution < 1.29 is 4.39 Å². The minimum Gasteiger partial charge on any atom is -0.383 e. The average Bonchev–Trinajstić information content (AvgIpc) is 2.21. The van der Waals surface area contributed by atoms with E-state index in [0.717, 1.165) is 0 Å². The van der Waals surface area contributed by atoms with Gasteiger partial charge in [0.2, 0.25) is 0 Å². The fourth-order valence-corrected chi connectivity index (χ4v) is 1.03. The number of nitrogens with one attached hydrogen (secondary N) is 1. The van der Waals surface area contributed by atoms with E-state index in [1.54, 1.807) is 6.92 Å². The molecule has 0 unspecified atom stereocenters. The van der Waals surface area contributed by atoms with Crippen LogP contribution in [-0.2, 0) is 0 Å². The van der Waals surface area contributed by atoms with Crippen LogP contribution >= 0.6 is 0 Å². The zero-order chi connectivity index (χ0) is 13.3. The number of nitrogen functional groups attached to an aromatic ring is 1. The van der Waals surface area contributed by atoms with E-state index in [0.29, 0.717) is 5.69 Å². The number of hydrogen-bond donors (Lipinski definition) is 2. The van der Waals surface area contributed by atoms with Crippen LogP contribution in [0.5, 0.6) is 0 Å². The molecule has 0 aliphatic heterocycles. The van der Waals surface area contributed by atoms with Crippen LogP contribution in [0.4, 0.5) is 10.2 Å². The van der Waals surface area contributed by atoms with Crippen LogP contribution in [0.15, 0.2) is 6.07 Å². The summed E-state index contributed by atoms with van der Waals surface area (Å²) < 4.78 is 13.1. The predicted molar refractivity (Wildman–Crippen MR) is 68.5 cm³/mol. The lowest BCUT2D eigenvalue weighted by atomic mass is 10.1. The van der Waals surface area contributed by atoms with Gasteiger partial charge >= 0.3 is 0 Å². The largest absolute Gasteiger partial charge is 0.383 e. The molecule has 3 N–H and O–H groups in total. The number of halogens is 1. The van der Waals surface area contributed by atoms with Crippen LogP contribution in [0.25, 0.3) is 0 Å². The van der Waals surface area contributed by atoms with Crippen LogP contribution in [0.3, 0.4) is 0 Å². The Kier molecular flexibility index (Phi) is 9.36. The number of nitrogens with two attached hydrogens (primary N) is 1. The van der Waals surface area contributed by atoms with Crippen LogP contribution in [0.2, 0.25) is 0 Å². The van der Waals surface area contributed by atoms with E-state index in [1.807, 2.05) is 27.7 Å². The van der Waals surface area contributed by atoms with E-state index in [2.05, 4.69) is 4.98 Å². The molecule has 0 aromatic carbocycles. The molecule has 0 fully saturated rings. The van der Waals surface area contributed by atoms with Crippen molar-refractivity contribution in [3.8, 4) is 0 Å².